The maximum absolute atomic E-state index is 12.4. The molecule has 1 fully saturated rings. The maximum Gasteiger partial charge on any atom is 0.248 e. The third-order valence-corrected chi connectivity index (χ3v) is 5.22. The van der Waals surface area contributed by atoms with Gasteiger partial charge in [-0.05, 0) is 43.5 Å². The molecule has 1 aliphatic carbocycles. The Kier molecular flexibility index (Phi) is 6.63. The normalized spacial score (nSPS) is 15.9. The van der Waals surface area contributed by atoms with E-state index in [1.165, 1.54) is 32.1 Å². The van der Waals surface area contributed by atoms with Crippen molar-refractivity contribution >= 4 is 23.2 Å². The molecule has 144 valence electrons. The number of anilines is 2. The van der Waals surface area contributed by atoms with Crippen LogP contribution in [-0.4, -0.2) is 21.6 Å². The molecule has 3 rings (SSSR count). The first-order valence-corrected chi connectivity index (χ1v) is 9.82. The number of carbonyl (C=O) groups is 2. The summed E-state index contributed by atoms with van der Waals surface area (Å²) in [6.07, 6.45) is 11.4. The van der Waals surface area contributed by atoms with E-state index >= 15 is 0 Å². The van der Waals surface area contributed by atoms with Crippen molar-refractivity contribution < 1.29 is 9.59 Å². The van der Waals surface area contributed by atoms with Crippen molar-refractivity contribution in [3.8, 4) is 0 Å². The Bertz CT molecular complexity index is 751. The molecule has 1 saturated carbocycles. The van der Waals surface area contributed by atoms with Crippen LogP contribution < -0.4 is 10.6 Å². The van der Waals surface area contributed by atoms with Crippen LogP contribution in [-0.2, 0) is 9.59 Å². The zero-order valence-electron chi connectivity index (χ0n) is 15.9. The number of benzene rings is 1. The molecule has 6 nitrogen and oxygen atoms in total. The SMILES string of the molecule is CC(C(=O)Nc1cccc(NC(=O)CCC2CCCCC2)c1)n1cccn1. The molecule has 0 spiro atoms. The van der Waals surface area contributed by atoms with Gasteiger partial charge in [-0.3, -0.25) is 14.3 Å². The third-order valence-electron chi connectivity index (χ3n) is 5.22. The Morgan fingerprint density at radius 3 is 2.59 bits per heavy atom. The molecule has 0 saturated heterocycles. The highest BCUT2D eigenvalue weighted by Crippen LogP contribution is 2.27. The Morgan fingerprint density at radius 1 is 1.15 bits per heavy atom. The van der Waals surface area contributed by atoms with Gasteiger partial charge in [-0.2, -0.15) is 5.10 Å². The first kappa shape index (κ1) is 19.1. The zero-order chi connectivity index (χ0) is 19.1. The molecule has 2 amide bonds. The highest BCUT2D eigenvalue weighted by Gasteiger charge is 2.16. The molecule has 1 aliphatic rings. The molecule has 6 heteroatoms. The first-order valence-electron chi connectivity index (χ1n) is 9.82. The molecule has 0 radical (unpaired) electrons. The lowest BCUT2D eigenvalue weighted by Gasteiger charge is -2.21. The van der Waals surface area contributed by atoms with E-state index in [9.17, 15) is 9.59 Å². The van der Waals surface area contributed by atoms with Crippen LogP contribution in [0.2, 0.25) is 0 Å². The predicted molar refractivity (Wildman–Crippen MR) is 106 cm³/mol. The van der Waals surface area contributed by atoms with Crippen LogP contribution in [0.15, 0.2) is 42.7 Å². The van der Waals surface area contributed by atoms with Gasteiger partial charge in [0.25, 0.3) is 0 Å². The van der Waals surface area contributed by atoms with Crippen LogP contribution in [0.4, 0.5) is 11.4 Å². The summed E-state index contributed by atoms with van der Waals surface area (Å²) in [6, 6.07) is 8.63. The van der Waals surface area contributed by atoms with Crippen molar-refractivity contribution in [2.45, 2.75) is 57.9 Å². The average molecular weight is 368 g/mol. The molecule has 1 aromatic carbocycles. The van der Waals surface area contributed by atoms with Crippen LogP contribution in [0, 0.1) is 5.92 Å². The van der Waals surface area contributed by atoms with Crippen molar-refractivity contribution in [1.82, 2.24) is 9.78 Å². The van der Waals surface area contributed by atoms with Crippen molar-refractivity contribution in [2.75, 3.05) is 10.6 Å². The number of hydrogen-bond donors (Lipinski definition) is 2. The van der Waals surface area contributed by atoms with Crippen molar-refractivity contribution in [1.29, 1.82) is 0 Å². The van der Waals surface area contributed by atoms with Gasteiger partial charge in [-0.25, -0.2) is 0 Å². The van der Waals surface area contributed by atoms with E-state index in [0.717, 1.165) is 6.42 Å². The van der Waals surface area contributed by atoms with E-state index in [0.29, 0.717) is 23.7 Å². The Hall–Kier alpha value is -2.63. The minimum atomic E-state index is -0.409. The van der Waals surface area contributed by atoms with E-state index in [4.69, 9.17) is 0 Å². The second-order valence-corrected chi connectivity index (χ2v) is 7.32. The summed E-state index contributed by atoms with van der Waals surface area (Å²) in [6.45, 7) is 1.79. The van der Waals surface area contributed by atoms with Gasteiger partial charge in [0, 0.05) is 30.2 Å². The lowest BCUT2D eigenvalue weighted by Crippen LogP contribution is -2.24. The van der Waals surface area contributed by atoms with Crippen LogP contribution in [0.1, 0.15) is 57.9 Å². The van der Waals surface area contributed by atoms with Crippen LogP contribution in [0.25, 0.3) is 0 Å². The molecule has 1 aromatic heterocycles. The summed E-state index contributed by atoms with van der Waals surface area (Å²) in [4.78, 5) is 24.6. The van der Waals surface area contributed by atoms with Gasteiger partial charge in [0.1, 0.15) is 6.04 Å². The molecule has 1 unspecified atom stereocenters. The number of hydrogen-bond acceptors (Lipinski definition) is 3. The first-order chi connectivity index (χ1) is 13.1. The van der Waals surface area contributed by atoms with Crippen LogP contribution in [0.3, 0.4) is 0 Å². The summed E-state index contributed by atoms with van der Waals surface area (Å²) in [5.41, 5.74) is 1.36. The monoisotopic (exact) mass is 368 g/mol. The maximum atomic E-state index is 12.4. The van der Waals surface area contributed by atoms with Crippen molar-refractivity contribution in [3.63, 3.8) is 0 Å². The largest absolute Gasteiger partial charge is 0.326 e. The molecular weight excluding hydrogens is 340 g/mol. The molecule has 1 heterocycles. The molecule has 2 aromatic rings. The number of aromatic nitrogens is 2. The van der Waals surface area contributed by atoms with E-state index in [2.05, 4.69) is 15.7 Å². The standard InChI is InChI=1S/C21H28N4O2/c1-16(25-14-6-13-22-25)21(27)24-19-10-5-9-18(15-19)23-20(26)12-11-17-7-3-2-4-8-17/h5-6,9-10,13-17H,2-4,7-8,11-12H2,1H3,(H,23,26)(H,24,27). The minimum absolute atomic E-state index is 0.0361. The second-order valence-electron chi connectivity index (χ2n) is 7.32. The molecular formula is C21H28N4O2. The number of nitrogens with one attached hydrogen (secondary N) is 2. The Morgan fingerprint density at radius 2 is 1.89 bits per heavy atom. The molecule has 0 aliphatic heterocycles. The Labute approximate surface area is 160 Å². The topological polar surface area (TPSA) is 76.0 Å². The van der Waals surface area contributed by atoms with Gasteiger partial charge in [0.2, 0.25) is 11.8 Å². The van der Waals surface area contributed by atoms with E-state index in [1.54, 1.807) is 36.1 Å². The molecule has 1 atom stereocenters. The van der Waals surface area contributed by atoms with Gasteiger partial charge < -0.3 is 10.6 Å². The van der Waals surface area contributed by atoms with E-state index in [-0.39, 0.29) is 11.8 Å². The third kappa shape index (κ3) is 5.67. The number of nitrogens with zero attached hydrogens (tertiary/aromatic N) is 2. The average Bonchev–Trinajstić information content (AvgIpc) is 3.21. The number of rotatable bonds is 7. The predicted octanol–water partition coefficient (Wildman–Crippen LogP) is 4.38. The fourth-order valence-corrected chi connectivity index (χ4v) is 3.59. The smallest absolute Gasteiger partial charge is 0.248 e. The summed E-state index contributed by atoms with van der Waals surface area (Å²) in [5, 5.41) is 9.91. The summed E-state index contributed by atoms with van der Waals surface area (Å²) >= 11 is 0. The quantitative estimate of drug-likeness (QED) is 0.761. The fourth-order valence-electron chi connectivity index (χ4n) is 3.59. The van der Waals surface area contributed by atoms with Gasteiger partial charge in [0.15, 0.2) is 0 Å². The second kappa shape index (κ2) is 9.35. The fraction of sp³-hybridized carbons (Fsp3) is 0.476. The minimum Gasteiger partial charge on any atom is -0.326 e. The van der Waals surface area contributed by atoms with Gasteiger partial charge in [-0.15, -0.1) is 0 Å². The lowest BCUT2D eigenvalue weighted by atomic mass is 9.86. The van der Waals surface area contributed by atoms with Crippen molar-refractivity contribution in [2.24, 2.45) is 5.92 Å². The van der Waals surface area contributed by atoms with Crippen LogP contribution >= 0.6 is 0 Å². The summed E-state index contributed by atoms with van der Waals surface area (Å²) in [7, 11) is 0. The highest BCUT2D eigenvalue weighted by atomic mass is 16.2. The number of amides is 2. The number of carbonyl (C=O) groups excluding carboxylic acids is 2. The molecule has 2 N–H and O–H groups in total. The molecule has 27 heavy (non-hydrogen) atoms. The highest BCUT2D eigenvalue weighted by molar-refractivity contribution is 5.95. The van der Waals surface area contributed by atoms with E-state index < -0.39 is 6.04 Å². The van der Waals surface area contributed by atoms with E-state index in [1.807, 2.05) is 18.2 Å². The summed E-state index contributed by atoms with van der Waals surface area (Å²) < 4.78 is 1.60. The van der Waals surface area contributed by atoms with Gasteiger partial charge >= 0.3 is 0 Å². The van der Waals surface area contributed by atoms with Crippen molar-refractivity contribution in [3.05, 3.63) is 42.7 Å². The van der Waals surface area contributed by atoms with Gasteiger partial charge in [0.05, 0.1) is 0 Å². The summed E-state index contributed by atoms with van der Waals surface area (Å²) in [5.74, 6) is 0.576. The lowest BCUT2D eigenvalue weighted by molar-refractivity contribution is -0.119. The van der Waals surface area contributed by atoms with Crippen LogP contribution in [0.5, 0.6) is 0 Å². The van der Waals surface area contributed by atoms with Gasteiger partial charge in [-0.1, -0.05) is 38.2 Å². The molecule has 0 bridgehead atoms. The Balaban J connectivity index is 1.50. The zero-order valence-corrected chi connectivity index (χ0v) is 15.9.